The summed E-state index contributed by atoms with van der Waals surface area (Å²) in [4.78, 5) is 0. The first-order valence-corrected chi connectivity index (χ1v) is 9.73. The largest absolute Gasteiger partial charge is 0.396 e. The van der Waals surface area contributed by atoms with Crippen LogP contribution in [0.25, 0.3) is 0 Å². The van der Waals surface area contributed by atoms with Crippen molar-refractivity contribution in [1.82, 2.24) is 0 Å². The van der Waals surface area contributed by atoms with Crippen LogP contribution in [0.4, 0.5) is 0 Å². The van der Waals surface area contributed by atoms with Crippen molar-refractivity contribution in [3.63, 3.8) is 0 Å². The van der Waals surface area contributed by atoms with E-state index in [4.69, 9.17) is 19.3 Å². The lowest BCUT2D eigenvalue weighted by Gasteiger charge is -2.29. The molecule has 3 unspecified atom stereocenters. The Balaban J connectivity index is 0.000000177. The van der Waals surface area contributed by atoms with Crippen LogP contribution in [0.3, 0.4) is 0 Å². The van der Waals surface area contributed by atoms with Gasteiger partial charge in [-0.25, -0.2) is 0 Å². The van der Waals surface area contributed by atoms with Gasteiger partial charge in [-0.05, 0) is 56.2 Å². The van der Waals surface area contributed by atoms with Crippen molar-refractivity contribution in [3.05, 3.63) is 34.3 Å². The van der Waals surface area contributed by atoms with E-state index in [1.807, 2.05) is 31.2 Å². The van der Waals surface area contributed by atoms with Gasteiger partial charge >= 0.3 is 0 Å². The molecule has 0 aromatic heterocycles. The first-order chi connectivity index (χ1) is 11.7. The zero-order valence-corrected chi connectivity index (χ0v) is 16.0. The summed E-state index contributed by atoms with van der Waals surface area (Å²) in [6.45, 7) is 3.90. The monoisotopic (exact) mass is 400 g/mol. The molecule has 0 saturated carbocycles. The topological polar surface area (TPSA) is 47.9 Å². The first-order valence-electron chi connectivity index (χ1n) is 8.94. The number of hydrogen-bond donors (Lipinski definition) is 1. The van der Waals surface area contributed by atoms with Crippen molar-refractivity contribution in [2.75, 3.05) is 19.8 Å². The molecule has 0 amide bonds. The highest BCUT2D eigenvalue weighted by Crippen LogP contribution is 2.20. The molecule has 1 aromatic rings. The maximum Gasteiger partial charge on any atom is 0.160 e. The summed E-state index contributed by atoms with van der Waals surface area (Å²) in [5.41, 5.74) is 1.18. The van der Waals surface area contributed by atoms with E-state index in [1.54, 1.807) is 0 Å². The Morgan fingerprint density at radius 2 is 1.58 bits per heavy atom. The van der Waals surface area contributed by atoms with Crippen LogP contribution in [-0.4, -0.2) is 37.5 Å². The minimum absolute atomic E-state index is 0.00292. The Hall–Kier alpha value is -0.460. The molecule has 1 aromatic carbocycles. The fourth-order valence-corrected chi connectivity index (χ4v) is 2.97. The molecule has 0 spiro atoms. The van der Waals surface area contributed by atoms with E-state index in [1.165, 1.54) is 31.2 Å². The molecule has 2 aliphatic heterocycles. The van der Waals surface area contributed by atoms with E-state index in [0.29, 0.717) is 0 Å². The van der Waals surface area contributed by atoms with E-state index < -0.39 is 0 Å². The van der Waals surface area contributed by atoms with Crippen LogP contribution in [0.2, 0.25) is 0 Å². The summed E-state index contributed by atoms with van der Waals surface area (Å²) in [7, 11) is 0. The Labute approximate surface area is 153 Å². The summed E-state index contributed by atoms with van der Waals surface area (Å²) in [5.74, 6) is 0.239. The Bertz CT molecular complexity index is 423. The first kappa shape index (κ1) is 19.9. The number of rotatable bonds is 4. The molecule has 1 N–H and O–H groups in total. The number of hydrogen-bond acceptors (Lipinski definition) is 4. The van der Waals surface area contributed by atoms with Crippen LogP contribution in [0.5, 0.6) is 0 Å². The Kier molecular flexibility index (Phi) is 9.28. The Morgan fingerprint density at radius 3 is 2.00 bits per heavy atom. The highest BCUT2D eigenvalue weighted by atomic mass is 79.9. The fourth-order valence-electron chi connectivity index (χ4n) is 2.70. The summed E-state index contributed by atoms with van der Waals surface area (Å²) in [6.07, 6.45) is 6.83. The van der Waals surface area contributed by atoms with Crippen molar-refractivity contribution < 1.29 is 19.3 Å². The molecule has 4 nitrogen and oxygen atoms in total. The fraction of sp³-hybridized carbons (Fsp3) is 0.684. The van der Waals surface area contributed by atoms with E-state index in [0.717, 1.165) is 30.5 Å². The van der Waals surface area contributed by atoms with E-state index in [9.17, 15) is 0 Å². The number of aliphatic hydroxyl groups is 1. The maximum atomic E-state index is 8.85. The highest BCUT2D eigenvalue weighted by Gasteiger charge is 2.21. The van der Waals surface area contributed by atoms with Gasteiger partial charge in [0.1, 0.15) is 0 Å². The van der Waals surface area contributed by atoms with Crippen molar-refractivity contribution in [2.45, 2.75) is 63.9 Å². The second kappa shape index (κ2) is 11.2. The van der Waals surface area contributed by atoms with Gasteiger partial charge in [-0.1, -0.05) is 35.0 Å². The van der Waals surface area contributed by atoms with Crippen LogP contribution in [-0.2, 0) is 14.2 Å². The minimum Gasteiger partial charge on any atom is -0.396 e. The molecule has 5 heteroatoms. The second-order valence-corrected chi connectivity index (χ2v) is 7.28. The number of benzene rings is 1. The van der Waals surface area contributed by atoms with Crippen molar-refractivity contribution >= 4 is 15.9 Å². The second-order valence-electron chi connectivity index (χ2n) is 6.36. The molecule has 2 fully saturated rings. The molecule has 2 saturated heterocycles. The third-order valence-electron chi connectivity index (χ3n) is 4.29. The Morgan fingerprint density at radius 1 is 1.04 bits per heavy atom. The molecule has 2 heterocycles. The number of ether oxygens (including phenoxy) is 3. The minimum atomic E-state index is -0.00292. The quantitative estimate of drug-likeness (QED) is 0.801. The lowest BCUT2D eigenvalue weighted by Crippen LogP contribution is -2.31. The zero-order chi connectivity index (χ0) is 17.2. The molecule has 24 heavy (non-hydrogen) atoms. The van der Waals surface area contributed by atoms with Gasteiger partial charge in [-0.3, -0.25) is 0 Å². The maximum absolute atomic E-state index is 8.85. The van der Waals surface area contributed by atoms with Crippen LogP contribution in [0, 0.1) is 0 Å². The zero-order valence-electron chi connectivity index (χ0n) is 14.5. The number of aliphatic hydroxyl groups excluding tert-OH is 1. The summed E-state index contributed by atoms with van der Waals surface area (Å²) in [6, 6.07) is 8.01. The summed E-state index contributed by atoms with van der Waals surface area (Å²) < 4.78 is 17.7. The van der Waals surface area contributed by atoms with E-state index in [2.05, 4.69) is 15.9 Å². The molecule has 136 valence electrons. The lowest BCUT2D eigenvalue weighted by atomic mass is 10.0. The predicted octanol–water partition coefficient (Wildman–Crippen LogP) is 4.60. The van der Waals surface area contributed by atoms with Gasteiger partial charge in [0.15, 0.2) is 12.6 Å². The average Bonchev–Trinajstić information content (AvgIpc) is 2.64. The van der Waals surface area contributed by atoms with Crippen LogP contribution < -0.4 is 0 Å². The molecule has 0 radical (unpaired) electrons. The third kappa shape index (κ3) is 7.19. The van der Waals surface area contributed by atoms with Gasteiger partial charge in [-0.2, -0.15) is 0 Å². The smallest absolute Gasteiger partial charge is 0.160 e. The van der Waals surface area contributed by atoms with E-state index in [-0.39, 0.29) is 25.1 Å². The van der Waals surface area contributed by atoms with E-state index >= 15 is 0 Å². The molecule has 2 aliphatic rings. The van der Waals surface area contributed by atoms with Gasteiger partial charge in [0, 0.05) is 30.2 Å². The lowest BCUT2D eigenvalue weighted by molar-refractivity contribution is -0.264. The number of halogens is 1. The molecule has 3 atom stereocenters. The highest BCUT2D eigenvalue weighted by molar-refractivity contribution is 9.10. The van der Waals surface area contributed by atoms with Crippen molar-refractivity contribution in [2.24, 2.45) is 0 Å². The summed E-state index contributed by atoms with van der Waals surface area (Å²) in [5, 5.41) is 8.85. The van der Waals surface area contributed by atoms with Gasteiger partial charge in [-0.15, -0.1) is 0 Å². The predicted molar refractivity (Wildman–Crippen MR) is 97.9 cm³/mol. The molecule has 0 aliphatic carbocycles. The van der Waals surface area contributed by atoms with Crippen molar-refractivity contribution in [3.8, 4) is 0 Å². The molecule has 0 bridgehead atoms. The summed E-state index contributed by atoms with van der Waals surface area (Å²) >= 11 is 3.35. The van der Waals surface area contributed by atoms with Gasteiger partial charge in [0.05, 0.1) is 0 Å². The van der Waals surface area contributed by atoms with Crippen LogP contribution in [0.1, 0.15) is 56.9 Å². The van der Waals surface area contributed by atoms with Gasteiger partial charge in [0.2, 0.25) is 0 Å². The van der Waals surface area contributed by atoms with Crippen LogP contribution in [0.15, 0.2) is 28.7 Å². The normalized spacial score (nSPS) is 25.5. The van der Waals surface area contributed by atoms with Gasteiger partial charge in [0.25, 0.3) is 0 Å². The molecule has 3 rings (SSSR count). The standard InChI is InChI=1S/C10H18O3.C9H11BrO/c1-3-7-11-9(5-1)13-10-6-2-4-8-12-10;1-7(6-11)8-2-4-9(10)5-3-8/h9-10H,1-8H2;2-5,7,11H,6H2,1H3. The third-order valence-corrected chi connectivity index (χ3v) is 4.82. The van der Waals surface area contributed by atoms with Crippen LogP contribution >= 0.6 is 15.9 Å². The average molecular weight is 401 g/mol. The van der Waals surface area contributed by atoms with Crippen molar-refractivity contribution in [1.29, 1.82) is 0 Å². The molecular weight excluding hydrogens is 372 g/mol. The van der Waals surface area contributed by atoms with Gasteiger partial charge < -0.3 is 19.3 Å². The SMILES string of the molecule is C1CCC(OC2CCCCO2)OC1.CC(CO)c1ccc(Br)cc1. The molecular formula is C19H29BrO4.